The van der Waals surface area contributed by atoms with E-state index in [2.05, 4.69) is 11.4 Å². The van der Waals surface area contributed by atoms with Gasteiger partial charge in [-0.05, 0) is 60.9 Å². The maximum atomic E-state index is 12.3. The Morgan fingerprint density at radius 2 is 1.70 bits per heavy atom. The van der Waals surface area contributed by atoms with Gasteiger partial charge in [-0.25, -0.2) is 4.79 Å². The van der Waals surface area contributed by atoms with Gasteiger partial charge in [0.2, 0.25) is 5.91 Å². The largest absolute Gasteiger partial charge is 0.478 e. The minimum atomic E-state index is -0.931. The number of amides is 1. The number of benzene rings is 2. The van der Waals surface area contributed by atoms with E-state index in [9.17, 15) is 14.7 Å². The van der Waals surface area contributed by atoms with Crippen LogP contribution in [0.1, 0.15) is 37.7 Å². The van der Waals surface area contributed by atoms with E-state index in [0.717, 1.165) is 29.5 Å². The minimum absolute atomic E-state index is 0.139. The molecule has 0 fully saturated rings. The first kappa shape index (κ1) is 18.7. The topological polar surface area (TPSA) is 92.4 Å². The number of allylic oxidation sites excluding steroid dienone is 1. The Morgan fingerprint density at radius 3 is 2.44 bits per heavy atom. The molecule has 4 N–H and O–H groups in total. The van der Waals surface area contributed by atoms with Crippen LogP contribution in [0.25, 0.3) is 11.1 Å². The zero-order valence-electron chi connectivity index (χ0n) is 15.2. The first-order valence-electron chi connectivity index (χ1n) is 9.23. The predicted molar refractivity (Wildman–Crippen MR) is 106 cm³/mol. The van der Waals surface area contributed by atoms with Crippen molar-refractivity contribution in [2.45, 2.75) is 38.5 Å². The Morgan fingerprint density at radius 1 is 1.00 bits per heavy atom. The number of hydrogen-bond acceptors (Lipinski definition) is 3. The van der Waals surface area contributed by atoms with Crippen molar-refractivity contribution in [1.29, 1.82) is 0 Å². The number of nitrogen functional groups attached to an aromatic ring is 1. The SMILES string of the molecule is Nc1cccc(-c2cccc(CCC(=O)NC3=C(C(=O)O)CCCC3)c2)c1. The van der Waals surface area contributed by atoms with E-state index < -0.39 is 5.97 Å². The summed E-state index contributed by atoms with van der Waals surface area (Å²) in [6.45, 7) is 0. The van der Waals surface area contributed by atoms with Gasteiger partial charge >= 0.3 is 5.97 Å². The molecule has 1 aliphatic carbocycles. The number of aryl methyl sites for hydroxylation is 1. The summed E-state index contributed by atoms with van der Waals surface area (Å²) in [6.07, 6.45) is 3.83. The van der Waals surface area contributed by atoms with Crippen molar-refractivity contribution in [2.75, 3.05) is 5.73 Å². The Labute approximate surface area is 158 Å². The molecule has 1 amide bonds. The number of carbonyl (C=O) groups excluding carboxylic acids is 1. The molecular weight excluding hydrogens is 340 g/mol. The molecule has 0 bridgehead atoms. The van der Waals surface area contributed by atoms with Gasteiger partial charge in [0, 0.05) is 17.8 Å². The van der Waals surface area contributed by atoms with E-state index in [1.54, 1.807) is 0 Å². The molecule has 0 saturated carbocycles. The normalized spacial score (nSPS) is 14.1. The third-order valence-corrected chi connectivity index (χ3v) is 4.80. The lowest BCUT2D eigenvalue weighted by molar-refractivity contribution is -0.133. The van der Waals surface area contributed by atoms with Gasteiger partial charge in [-0.1, -0.05) is 36.4 Å². The van der Waals surface area contributed by atoms with E-state index in [4.69, 9.17) is 5.73 Å². The summed E-state index contributed by atoms with van der Waals surface area (Å²) in [7, 11) is 0. The number of nitrogens with two attached hydrogens (primary N) is 1. The molecule has 3 rings (SSSR count). The van der Waals surface area contributed by atoms with Crippen LogP contribution < -0.4 is 11.1 Å². The maximum Gasteiger partial charge on any atom is 0.333 e. The smallest absolute Gasteiger partial charge is 0.333 e. The molecule has 140 valence electrons. The molecular formula is C22H24N2O3. The summed E-state index contributed by atoms with van der Waals surface area (Å²) < 4.78 is 0. The molecule has 5 nitrogen and oxygen atoms in total. The second-order valence-corrected chi connectivity index (χ2v) is 6.84. The van der Waals surface area contributed by atoms with Gasteiger partial charge in [-0.3, -0.25) is 4.79 Å². The number of carbonyl (C=O) groups is 2. The van der Waals surface area contributed by atoms with Crippen molar-refractivity contribution in [3.8, 4) is 11.1 Å². The Kier molecular flexibility index (Phi) is 5.91. The molecule has 0 unspecified atom stereocenters. The van der Waals surface area contributed by atoms with Gasteiger partial charge in [0.05, 0.1) is 5.57 Å². The van der Waals surface area contributed by atoms with Crippen LogP contribution in [0.5, 0.6) is 0 Å². The molecule has 5 heteroatoms. The number of anilines is 1. The van der Waals surface area contributed by atoms with Crippen LogP contribution in [0.3, 0.4) is 0 Å². The van der Waals surface area contributed by atoms with Crippen LogP contribution in [0.2, 0.25) is 0 Å². The fraction of sp³-hybridized carbons (Fsp3) is 0.273. The summed E-state index contributed by atoms with van der Waals surface area (Å²) in [4.78, 5) is 23.6. The standard InChI is InChI=1S/C22H24N2O3/c23-18-8-4-7-17(14-18)16-6-3-5-15(13-16)11-12-21(25)24-20-10-2-1-9-19(20)22(26)27/h3-8,13-14H,1-2,9-12,23H2,(H,24,25)(H,26,27). The number of hydrogen-bond donors (Lipinski definition) is 3. The molecule has 0 saturated heterocycles. The van der Waals surface area contributed by atoms with E-state index in [-0.39, 0.29) is 5.91 Å². The third kappa shape index (κ3) is 4.97. The fourth-order valence-electron chi connectivity index (χ4n) is 3.39. The van der Waals surface area contributed by atoms with Crippen molar-refractivity contribution in [2.24, 2.45) is 0 Å². The zero-order chi connectivity index (χ0) is 19.2. The molecule has 2 aromatic carbocycles. The number of rotatable bonds is 6. The molecule has 0 atom stereocenters. The Balaban J connectivity index is 1.64. The quantitative estimate of drug-likeness (QED) is 0.678. The van der Waals surface area contributed by atoms with Crippen molar-refractivity contribution < 1.29 is 14.7 Å². The lowest BCUT2D eigenvalue weighted by Crippen LogP contribution is -2.27. The summed E-state index contributed by atoms with van der Waals surface area (Å²) >= 11 is 0. The second kappa shape index (κ2) is 8.54. The van der Waals surface area contributed by atoms with E-state index in [1.165, 1.54) is 0 Å². The van der Waals surface area contributed by atoms with Crippen LogP contribution in [0, 0.1) is 0 Å². The number of carboxylic acid groups (broad SMARTS) is 1. The van der Waals surface area contributed by atoms with E-state index >= 15 is 0 Å². The number of carboxylic acids is 1. The average molecular weight is 364 g/mol. The predicted octanol–water partition coefficient (Wildman–Crippen LogP) is 3.90. The van der Waals surface area contributed by atoms with Crippen LogP contribution in [-0.4, -0.2) is 17.0 Å². The minimum Gasteiger partial charge on any atom is -0.478 e. The Bertz CT molecular complexity index is 887. The van der Waals surface area contributed by atoms with Crippen LogP contribution in [0.15, 0.2) is 59.8 Å². The van der Waals surface area contributed by atoms with Gasteiger partial charge in [0.25, 0.3) is 0 Å². The highest BCUT2D eigenvalue weighted by Gasteiger charge is 2.19. The highest BCUT2D eigenvalue weighted by Crippen LogP contribution is 2.24. The summed E-state index contributed by atoms with van der Waals surface area (Å²) in [5, 5.41) is 12.1. The van der Waals surface area contributed by atoms with Crippen LogP contribution in [0.4, 0.5) is 5.69 Å². The van der Waals surface area contributed by atoms with Gasteiger partial charge in [0.1, 0.15) is 0 Å². The van der Waals surface area contributed by atoms with Crippen molar-refractivity contribution >= 4 is 17.6 Å². The highest BCUT2D eigenvalue weighted by molar-refractivity contribution is 5.89. The van der Waals surface area contributed by atoms with Crippen molar-refractivity contribution in [3.63, 3.8) is 0 Å². The first-order chi connectivity index (χ1) is 13.0. The zero-order valence-corrected chi connectivity index (χ0v) is 15.2. The Hall–Kier alpha value is -3.08. The van der Waals surface area contributed by atoms with Gasteiger partial charge in [0.15, 0.2) is 0 Å². The molecule has 1 aliphatic rings. The van der Waals surface area contributed by atoms with Crippen molar-refractivity contribution in [3.05, 3.63) is 65.4 Å². The maximum absolute atomic E-state index is 12.3. The molecule has 0 aliphatic heterocycles. The van der Waals surface area contributed by atoms with Crippen LogP contribution >= 0.6 is 0 Å². The van der Waals surface area contributed by atoms with Gasteiger partial charge in [-0.15, -0.1) is 0 Å². The lowest BCUT2D eigenvalue weighted by atomic mass is 9.96. The van der Waals surface area contributed by atoms with Crippen molar-refractivity contribution in [1.82, 2.24) is 5.32 Å². The fourth-order valence-corrected chi connectivity index (χ4v) is 3.39. The molecule has 0 heterocycles. The highest BCUT2D eigenvalue weighted by atomic mass is 16.4. The summed E-state index contributed by atoms with van der Waals surface area (Å²) in [5.41, 5.74) is 10.6. The van der Waals surface area contributed by atoms with E-state index in [1.807, 2.05) is 42.5 Å². The van der Waals surface area contributed by atoms with E-state index in [0.29, 0.717) is 42.6 Å². The molecule has 0 aromatic heterocycles. The number of nitrogens with one attached hydrogen (secondary N) is 1. The number of aliphatic carboxylic acids is 1. The molecule has 2 aromatic rings. The molecule has 0 spiro atoms. The second-order valence-electron chi connectivity index (χ2n) is 6.84. The van der Waals surface area contributed by atoms with Crippen LogP contribution in [-0.2, 0) is 16.0 Å². The average Bonchev–Trinajstić information content (AvgIpc) is 2.67. The molecule has 27 heavy (non-hydrogen) atoms. The van der Waals surface area contributed by atoms with Gasteiger partial charge < -0.3 is 16.2 Å². The summed E-state index contributed by atoms with van der Waals surface area (Å²) in [5.74, 6) is -1.07. The first-order valence-corrected chi connectivity index (χ1v) is 9.23. The van der Waals surface area contributed by atoms with Gasteiger partial charge in [-0.2, -0.15) is 0 Å². The monoisotopic (exact) mass is 364 g/mol. The summed E-state index contributed by atoms with van der Waals surface area (Å²) in [6, 6.07) is 15.7. The third-order valence-electron chi connectivity index (χ3n) is 4.80. The molecule has 0 radical (unpaired) electrons. The lowest BCUT2D eigenvalue weighted by Gasteiger charge is -2.18.